The van der Waals surface area contributed by atoms with Gasteiger partial charge in [-0.15, -0.1) is 0 Å². The summed E-state index contributed by atoms with van der Waals surface area (Å²) in [6.45, 7) is 7.09. The largest absolute Gasteiger partial charge is 0.381 e. The van der Waals surface area contributed by atoms with Crippen LogP contribution >= 0.6 is 0 Å². The number of carbonyl (C=O) groups excluding carboxylic acids is 2. The predicted octanol–water partition coefficient (Wildman–Crippen LogP) is 1.99. The zero-order chi connectivity index (χ0) is 11.5. The normalized spacial score (nSPS) is 22.5. The molecule has 3 heteroatoms. The molecule has 86 valence electrons. The summed E-state index contributed by atoms with van der Waals surface area (Å²) in [5.74, 6) is 0.242. The first kappa shape index (κ1) is 12.4. The molecule has 0 N–H and O–H groups in total. The van der Waals surface area contributed by atoms with Gasteiger partial charge in [0.1, 0.15) is 11.6 Å². The van der Waals surface area contributed by atoms with E-state index in [1.165, 1.54) is 0 Å². The molecule has 0 aliphatic heterocycles. The van der Waals surface area contributed by atoms with Crippen LogP contribution in [0.4, 0.5) is 0 Å². The number of rotatable bonds is 7. The third-order valence-electron chi connectivity index (χ3n) is 3.00. The van der Waals surface area contributed by atoms with Gasteiger partial charge in [0.15, 0.2) is 0 Å². The highest BCUT2D eigenvalue weighted by atomic mass is 16.5. The molecule has 1 fully saturated rings. The van der Waals surface area contributed by atoms with Gasteiger partial charge >= 0.3 is 0 Å². The fourth-order valence-corrected chi connectivity index (χ4v) is 1.75. The lowest BCUT2D eigenvalue weighted by atomic mass is 10.0. The van der Waals surface area contributed by atoms with Gasteiger partial charge in [0.2, 0.25) is 0 Å². The highest BCUT2D eigenvalue weighted by Gasteiger charge is 2.50. The van der Waals surface area contributed by atoms with Crippen molar-refractivity contribution in [2.45, 2.75) is 40.0 Å². The third kappa shape index (κ3) is 3.74. The topological polar surface area (TPSA) is 43.4 Å². The first-order valence-electron chi connectivity index (χ1n) is 5.59. The molecule has 0 spiro atoms. The molecule has 3 nitrogen and oxygen atoms in total. The van der Waals surface area contributed by atoms with Gasteiger partial charge < -0.3 is 4.74 Å². The number of ketones is 2. The molecular formula is C12H20O3. The Morgan fingerprint density at radius 2 is 2.00 bits per heavy atom. The van der Waals surface area contributed by atoms with Crippen LogP contribution in [0, 0.1) is 11.3 Å². The quantitative estimate of drug-likeness (QED) is 0.479. The Morgan fingerprint density at radius 1 is 1.40 bits per heavy atom. The summed E-state index contributed by atoms with van der Waals surface area (Å²) in [6, 6.07) is 0. The Morgan fingerprint density at radius 3 is 2.47 bits per heavy atom. The van der Waals surface area contributed by atoms with Crippen LogP contribution in [0.1, 0.15) is 40.0 Å². The van der Waals surface area contributed by atoms with Gasteiger partial charge in [0.05, 0.1) is 13.0 Å². The van der Waals surface area contributed by atoms with Gasteiger partial charge in [-0.1, -0.05) is 13.8 Å². The van der Waals surface area contributed by atoms with E-state index in [-0.39, 0.29) is 29.3 Å². The average Bonchev–Trinajstić information content (AvgIpc) is 2.76. The average molecular weight is 212 g/mol. The van der Waals surface area contributed by atoms with Crippen molar-refractivity contribution in [3.8, 4) is 0 Å². The molecule has 0 heterocycles. The van der Waals surface area contributed by atoms with Crippen LogP contribution in [0.15, 0.2) is 0 Å². The standard InChI is InChI=1S/C12H20O3/c1-4-15-6-5-9(13)7-11(14)10-8-12(10,2)3/h10H,4-8H2,1-3H3. The molecule has 0 aromatic rings. The lowest BCUT2D eigenvalue weighted by Gasteiger charge is -2.03. The van der Waals surface area contributed by atoms with Crippen molar-refractivity contribution in [1.82, 2.24) is 0 Å². The van der Waals surface area contributed by atoms with Crippen molar-refractivity contribution < 1.29 is 14.3 Å². The van der Waals surface area contributed by atoms with Crippen LogP contribution in [-0.2, 0) is 14.3 Å². The van der Waals surface area contributed by atoms with Crippen LogP contribution in [0.5, 0.6) is 0 Å². The summed E-state index contributed by atoms with van der Waals surface area (Å²) in [4.78, 5) is 23.0. The molecule has 1 aliphatic carbocycles. The van der Waals surface area contributed by atoms with Crippen molar-refractivity contribution in [2.24, 2.45) is 11.3 Å². The van der Waals surface area contributed by atoms with Crippen LogP contribution < -0.4 is 0 Å². The Kier molecular flexibility index (Phi) is 4.03. The third-order valence-corrected chi connectivity index (χ3v) is 3.00. The summed E-state index contributed by atoms with van der Waals surface area (Å²) in [5.41, 5.74) is 0.136. The van der Waals surface area contributed by atoms with E-state index in [1.54, 1.807) is 0 Å². The Balaban J connectivity index is 2.18. The van der Waals surface area contributed by atoms with Gasteiger partial charge in [-0.3, -0.25) is 9.59 Å². The highest BCUT2D eigenvalue weighted by Crippen LogP contribution is 2.52. The second-order valence-electron chi connectivity index (χ2n) is 4.87. The lowest BCUT2D eigenvalue weighted by molar-refractivity contribution is -0.128. The van der Waals surface area contributed by atoms with Gasteiger partial charge in [0.25, 0.3) is 0 Å². The van der Waals surface area contributed by atoms with E-state index < -0.39 is 0 Å². The summed E-state index contributed by atoms with van der Waals surface area (Å²) in [7, 11) is 0. The molecule has 0 amide bonds. The van der Waals surface area contributed by atoms with E-state index in [4.69, 9.17) is 4.74 Å². The molecule has 1 rings (SSSR count). The second kappa shape index (κ2) is 4.88. The fourth-order valence-electron chi connectivity index (χ4n) is 1.75. The van der Waals surface area contributed by atoms with Crippen LogP contribution in [0.25, 0.3) is 0 Å². The minimum absolute atomic E-state index is 0.0103. The van der Waals surface area contributed by atoms with E-state index in [1.807, 2.05) is 6.92 Å². The van der Waals surface area contributed by atoms with Gasteiger partial charge in [-0.2, -0.15) is 0 Å². The predicted molar refractivity (Wildman–Crippen MR) is 57.6 cm³/mol. The van der Waals surface area contributed by atoms with Crippen molar-refractivity contribution in [2.75, 3.05) is 13.2 Å². The minimum Gasteiger partial charge on any atom is -0.381 e. The van der Waals surface area contributed by atoms with Crippen molar-refractivity contribution in [3.05, 3.63) is 0 Å². The molecule has 1 aliphatic rings. The molecule has 0 aromatic heterocycles. The van der Waals surface area contributed by atoms with Crippen LogP contribution in [0.2, 0.25) is 0 Å². The van der Waals surface area contributed by atoms with Gasteiger partial charge in [-0.25, -0.2) is 0 Å². The van der Waals surface area contributed by atoms with E-state index in [9.17, 15) is 9.59 Å². The zero-order valence-electron chi connectivity index (χ0n) is 9.84. The van der Waals surface area contributed by atoms with Crippen LogP contribution in [-0.4, -0.2) is 24.8 Å². The first-order valence-corrected chi connectivity index (χ1v) is 5.59. The minimum atomic E-state index is 0.0103. The summed E-state index contributed by atoms with van der Waals surface area (Å²) >= 11 is 0. The molecule has 15 heavy (non-hydrogen) atoms. The van der Waals surface area contributed by atoms with Crippen LogP contribution in [0.3, 0.4) is 0 Å². The Hall–Kier alpha value is -0.700. The molecule has 0 aromatic carbocycles. The maximum atomic E-state index is 11.6. The summed E-state index contributed by atoms with van der Waals surface area (Å²) in [5, 5.41) is 0. The number of ether oxygens (including phenoxy) is 1. The smallest absolute Gasteiger partial charge is 0.143 e. The molecule has 0 bridgehead atoms. The van der Waals surface area contributed by atoms with E-state index in [0.29, 0.717) is 19.6 Å². The molecule has 1 atom stereocenters. The zero-order valence-corrected chi connectivity index (χ0v) is 9.84. The Labute approximate surface area is 91.2 Å². The second-order valence-corrected chi connectivity index (χ2v) is 4.87. The van der Waals surface area contributed by atoms with Crippen molar-refractivity contribution in [3.63, 3.8) is 0 Å². The monoisotopic (exact) mass is 212 g/mol. The number of Topliss-reactive ketones (excluding diaryl/α,β-unsaturated/α-hetero) is 2. The maximum absolute atomic E-state index is 11.6. The lowest BCUT2D eigenvalue weighted by Crippen LogP contribution is -2.13. The van der Waals surface area contributed by atoms with E-state index in [2.05, 4.69) is 13.8 Å². The van der Waals surface area contributed by atoms with Gasteiger partial charge in [-0.05, 0) is 18.8 Å². The number of carbonyl (C=O) groups is 2. The van der Waals surface area contributed by atoms with E-state index >= 15 is 0 Å². The summed E-state index contributed by atoms with van der Waals surface area (Å²) in [6.07, 6.45) is 1.40. The van der Waals surface area contributed by atoms with Crippen molar-refractivity contribution in [1.29, 1.82) is 0 Å². The molecule has 1 saturated carbocycles. The number of hydrogen-bond acceptors (Lipinski definition) is 3. The van der Waals surface area contributed by atoms with E-state index in [0.717, 1.165) is 6.42 Å². The fraction of sp³-hybridized carbons (Fsp3) is 0.833. The molecule has 0 saturated heterocycles. The first-order chi connectivity index (χ1) is 6.97. The highest BCUT2D eigenvalue weighted by molar-refractivity contribution is 6.01. The molecular weight excluding hydrogens is 192 g/mol. The maximum Gasteiger partial charge on any atom is 0.143 e. The Bertz CT molecular complexity index is 256. The van der Waals surface area contributed by atoms with Crippen molar-refractivity contribution >= 4 is 11.6 Å². The summed E-state index contributed by atoms with van der Waals surface area (Å²) < 4.78 is 5.07. The van der Waals surface area contributed by atoms with Gasteiger partial charge in [0, 0.05) is 18.9 Å². The SMILES string of the molecule is CCOCCC(=O)CC(=O)C1CC1(C)C. The molecule has 1 unspecified atom stereocenters. The number of hydrogen-bond donors (Lipinski definition) is 0. The molecule has 0 radical (unpaired) electrons.